The molecule has 0 saturated heterocycles. The smallest absolute Gasteiger partial charge is 0.141 e. The van der Waals surface area contributed by atoms with Crippen molar-refractivity contribution in [3.63, 3.8) is 0 Å². The summed E-state index contributed by atoms with van der Waals surface area (Å²) in [6.07, 6.45) is 0. The van der Waals surface area contributed by atoms with E-state index in [1.165, 1.54) is 12.1 Å². The Bertz CT molecular complexity index is 1050. The van der Waals surface area contributed by atoms with Crippen molar-refractivity contribution in [2.45, 2.75) is 6.54 Å². The maximum absolute atomic E-state index is 13.7. The number of aromatic nitrogens is 2. The molecule has 0 amide bonds. The van der Waals surface area contributed by atoms with E-state index in [-0.39, 0.29) is 0 Å². The van der Waals surface area contributed by atoms with Gasteiger partial charge < -0.3 is 9.30 Å². The van der Waals surface area contributed by atoms with Crippen LogP contribution in [0, 0.1) is 11.6 Å². The monoisotopic (exact) mass is 350 g/mol. The summed E-state index contributed by atoms with van der Waals surface area (Å²) in [6, 6.07) is 18.8. The van der Waals surface area contributed by atoms with Crippen molar-refractivity contribution in [2.24, 2.45) is 0 Å². The number of imidazole rings is 1. The summed E-state index contributed by atoms with van der Waals surface area (Å²) in [5.74, 6) is -0.0500. The van der Waals surface area contributed by atoms with E-state index in [2.05, 4.69) is 4.98 Å². The Morgan fingerprint density at radius 2 is 1.65 bits per heavy atom. The Kier molecular flexibility index (Phi) is 4.13. The van der Waals surface area contributed by atoms with Crippen molar-refractivity contribution >= 4 is 11.0 Å². The van der Waals surface area contributed by atoms with Crippen LogP contribution in [-0.4, -0.2) is 16.7 Å². The quantitative estimate of drug-likeness (QED) is 0.516. The van der Waals surface area contributed by atoms with E-state index in [1.807, 2.05) is 53.1 Å². The zero-order chi connectivity index (χ0) is 18.1. The Hall–Kier alpha value is -3.21. The molecule has 4 rings (SSSR count). The maximum atomic E-state index is 13.7. The number of halogens is 2. The molecule has 130 valence electrons. The first-order valence-electron chi connectivity index (χ1n) is 8.19. The molecule has 3 nitrogen and oxygen atoms in total. The molecule has 1 heterocycles. The molecule has 0 aliphatic heterocycles. The second-order valence-corrected chi connectivity index (χ2v) is 6.02. The van der Waals surface area contributed by atoms with Gasteiger partial charge in [-0.1, -0.05) is 30.3 Å². The molecule has 0 aliphatic carbocycles. The third-order valence-electron chi connectivity index (χ3n) is 4.26. The number of methoxy groups -OCH3 is 1. The fourth-order valence-electron chi connectivity index (χ4n) is 3.06. The second kappa shape index (κ2) is 6.59. The van der Waals surface area contributed by atoms with Crippen LogP contribution in [0.25, 0.3) is 22.4 Å². The molecular weight excluding hydrogens is 334 g/mol. The molecule has 4 aromatic rings. The number of rotatable bonds is 4. The van der Waals surface area contributed by atoms with E-state index < -0.39 is 11.6 Å². The van der Waals surface area contributed by atoms with E-state index in [0.29, 0.717) is 23.7 Å². The van der Waals surface area contributed by atoms with Crippen LogP contribution in [-0.2, 0) is 6.54 Å². The third kappa shape index (κ3) is 3.04. The van der Waals surface area contributed by atoms with E-state index in [1.54, 1.807) is 7.11 Å². The lowest BCUT2D eigenvalue weighted by molar-refractivity contribution is 0.415. The zero-order valence-electron chi connectivity index (χ0n) is 14.1. The molecule has 1 aromatic heterocycles. The first kappa shape index (κ1) is 16.3. The number of nitrogens with zero attached hydrogens (tertiary/aromatic N) is 2. The molecular formula is C21H16F2N2O. The SMILES string of the molecule is COc1ccc2nc(-c3cc(F)cc(F)c3)n(Cc3ccccc3)c2c1. The lowest BCUT2D eigenvalue weighted by atomic mass is 10.2. The van der Waals surface area contributed by atoms with Crippen LogP contribution in [0.15, 0.2) is 66.7 Å². The van der Waals surface area contributed by atoms with Crippen molar-refractivity contribution < 1.29 is 13.5 Å². The molecule has 0 atom stereocenters. The zero-order valence-corrected chi connectivity index (χ0v) is 14.1. The predicted octanol–water partition coefficient (Wildman–Crippen LogP) is 5.04. The topological polar surface area (TPSA) is 27.1 Å². The summed E-state index contributed by atoms with van der Waals surface area (Å²) >= 11 is 0. The van der Waals surface area contributed by atoms with E-state index in [4.69, 9.17) is 4.74 Å². The summed E-state index contributed by atoms with van der Waals surface area (Å²) < 4.78 is 34.8. The minimum absolute atomic E-state index is 0.397. The summed E-state index contributed by atoms with van der Waals surface area (Å²) in [5, 5.41) is 0. The fraction of sp³-hybridized carbons (Fsp3) is 0.0952. The van der Waals surface area contributed by atoms with Gasteiger partial charge in [0, 0.05) is 24.2 Å². The van der Waals surface area contributed by atoms with Crippen LogP contribution < -0.4 is 4.74 Å². The van der Waals surface area contributed by atoms with Crippen molar-refractivity contribution in [1.82, 2.24) is 9.55 Å². The van der Waals surface area contributed by atoms with Gasteiger partial charge in [0.1, 0.15) is 23.2 Å². The fourth-order valence-corrected chi connectivity index (χ4v) is 3.06. The second-order valence-electron chi connectivity index (χ2n) is 6.02. The van der Waals surface area contributed by atoms with Crippen LogP contribution >= 0.6 is 0 Å². The summed E-state index contributed by atoms with van der Waals surface area (Å²) in [4.78, 5) is 4.61. The highest BCUT2D eigenvalue weighted by Gasteiger charge is 2.15. The first-order valence-corrected chi connectivity index (χ1v) is 8.19. The minimum Gasteiger partial charge on any atom is -0.497 e. The standard InChI is InChI=1S/C21H16F2N2O/c1-26-18-7-8-19-20(12-18)25(13-14-5-3-2-4-6-14)21(24-19)15-9-16(22)11-17(23)10-15/h2-12H,13H2,1H3. The molecule has 0 N–H and O–H groups in total. The van der Waals surface area contributed by atoms with Gasteiger partial charge in [-0.25, -0.2) is 13.8 Å². The van der Waals surface area contributed by atoms with Gasteiger partial charge in [-0.05, 0) is 29.8 Å². The van der Waals surface area contributed by atoms with Gasteiger partial charge in [0.05, 0.1) is 18.1 Å². The number of ether oxygens (including phenoxy) is 1. The molecule has 0 saturated carbocycles. The molecule has 0 aliphatic rings. The van der Waals surface area contributed by atoms with Gasteiger partial charge in [-0.15, -0.1) is 0 Å². The van der Waals surface area contributed by atoms with Crippen LogP contribution in [0.3, 0.4) is 0 Å². The van der Waals surface area contributed by atoms with E-state index in [9.17, 15) is 8.78 Å². The summed E-state index contributed by atoms with van der Waals surface area (Å²) in [7, 11) is 1.60. The van der Waals surface area contributed by atoms with Crippen LogP contribution in [0.4, 0.5) is 8.78 Å². The Labute approximate surface area is 149 Å². The van der Waals surface area contributed by atoms with Crippen molar-refractivity contribution in [3.05, 3.63) is 83.9 Å². The van der Waals surface area contributed by atoms with Gasteiger partial charge in [0.15, 0.2) is 0 Å². The van der Waals surface area contributed by atoms with E-state index >= 15 is 0 Å². The molecule has 0 radical (unpaired) electrons. The average molecular weight is 350 g/mol. The molecule has 0 bridgehead atoms. The lowest BCUT2D eigenvalue weighted by Gasteiger charge is -2.10. The minimum atomic E-state index is -0.629. The highest BCUT2D eigenvalue weighted by Crippen LogP contribution is 2.29. The molecule has 0 fully saturated rings. The van der Waals surface area contributed by atoms with Crippen molar-refractivity contribution in [1.29, 1.82) is 0 Å². The number of hydrogen-bond donors (Lipinski definition) is 0. The molecule has 3 aromatic carbocycles. The highest BCUT2D eigenvalue weighted by molar-refractivity contribution is 5.82. The van der Waals surface area contributed by atoms with Gasteiger partial charge in [-0.3, -0.25) is 0 Å². The highest BCUT2D eigenvalue weighted by atomic mass is 19.1. The van der Waals surface area contributed by atoms with Gasteiger partial charge in [-0.2, -0.15) is 0 Å². The summed E-state index contributed by atoms with van der Waals surface area (Å²) in [6.45, 7) is 0.526. The van der Waals surface area contributed by atoms with Crippen molar-refractivity contribution in [2.75, 3.05) is 7.11 Å². The number of benzene rings is 3. The average Bonchev–Trinajstić information content (AvgIpc) is 2.99. The largest absolute Gasteiger partial charge is 0.497 e. The van der Waals surface area contributed by atoms with Gasteiger partial charge in [0.2, 0.25) is 0 Å². The van der Waals surface area contributed by atoms with Crippen molar-refractivity contribution in [3.8, 4) is 17.1 Å². The van der Waals surface area contributed by atoms with Gasteiger partial charge >= 0.3 is 0 Å². The normalized spacial score (nSPS) is 11.0. The Balaban J connectivity index is 1.94. The Morgan fingerprint density at radius 1 is 0.923 bits per heavy atom. The molecule has 0 spiro atoms. The third-order valence-corrected chi connectivity index (χ3v) is 4.26. The lowest BCUT2D eigenvalue weighted by Crippen LogP contribution is -2.03. The predicted molar refractivity (Wildman–Crippen MR) is 97.2 cm³/mol. The van der Waals surface area contributed by atoms with Gasteiger partial charge in [0.25, 0.3) is 0 Å². The summed E-state index contributed by atoms with van der Waals surface area (Å²) in [5.41, 5.74) is 3.04. The molecule has 26 heavy (non-hydrogen) atoms. The van der Waals surface area contributed by atoms with E-state index in [0.717, 1.165) is 22.7 Å². The molecule has 0 unspecified atom stereocenters. The Morgan fingerprint density at radius 3 is 2.35 bits per heavy atom. The molecule has 5 heteroatoms. The number of hydrogen-bond acceptors (Lipinski definition) is 2. The van der Waals surface area contributed by atoms with Crippen LogP contribution in [0.2, 0.25) is 0 Å². The maximum Gasteiger partial charge on any atom is 0.141 e. The number of fused-ring (bicyclic) bond motifs is 1. The van der Waals surface area contributed by atoms with Crippen LogP contribution in [0.1, 0.15) is 5.56 Å². The van der Waals surface area contributed by atoms with Crippen LogP contribution in [0.5, 0.6) is 5.75 Å². The first-order chi connectivity index (χ1) is 12.6.